The highest BCUT2D eigenvalue weighted by Crippen LogP contribution is 2.19. The maximum Gasteiger partial charge on any atom is 0.222 e. The summed E-state index contributed by atoms with van der Waals surface area (Å²) in [6.45, 7) is 3.09. The minimum absolute atomic E-state index is 0. The number of carbonyl (C=O) groups excluding carboxylic acids is 2. The van der Waals surface area contributed by atoms with E-state index in [2.05, 4.69) is 16.0 Å². The fourth-order valence-electron chi connectivity index (χ4n) is 2.62. The van der Waals surface area contributed by atoms with Crippen LogP contribution in [-0.4, -0.2) is 30.9 Å². The van der Waals surface area contributed by atoms with Crippen molar-refractivity contribution in [2.45, 2.75) is 38.3 Å². The molecule has 3 N–H and O–H groups in total. The van der Waals surface area contributed by atoms with E-state index in [1.54, 1.807) is 12.1 Å². The van der Waals surface area contributed by atoms with E-state index in [0.29, 0.717) is 17.6 Å². The summed E-state index contributed by atoms with van der Waals surface area (Å²) in [4.78, 5) is 23.5. The molecular formula is C16H23Cl2N3O2. The molecule has 0 saturated carbocycles. The molecule has 0 aromatic heterocycles. The number of benzene rings is 1. The molecule has 1 saturated heterocycles. The standard InChI is InChI=1S/C16H22ClN3O2.ClH/c1-11(21)20-15(12-4-6-13(17)7-5-12)9-16(22)19-10-14-3-2-8-18-14;/h4-7,14-15,18H,2-3,8-10H2,1H3,(H,19,22)(H,20,21);1H. The molecule has 0 aliphatic carbocycles. The monoisotopic (exact) mass is 359 g/mol. The van der Waals surface area contributed by atoms with Gasteiger partial charge in [-0.05, 0) is 37.1 Å². The third-order valence-electron chi connectivity index (χ3n) is 3.75. The van der Waals surface area contributed by atoms with Crippen LogP contribution in [-0.2, 0) is 9.59 Å². The van der Waals surface area contributed by atoms with Crippen molar-refractivity contribution in [1.82, 2.24) is 16.0 Å². The fraction of sp³-hybridized carbons (Fsp3) is 0.500. The van der Waals surface area contributed by atoms with E-state index >= 15 is 0 Å². The van der Waals surface area contributed by atoms with E-state index in [1.807, 2.05) is 12.1 Å². The zero-order chi connectivity index (χ0) is 15.9. The number of rotatable bonds is 6. The largest absolute Gasteiger partial charge is 0.354 e. The van der Waals surface area contributed by atoms with Gasteiger partial charge in [0.1, 0.15) is 0 Å². The molecule has 0 spiro atoms. The predicted octanol–water partition coefficient (Wildman–Crippen LogP) is 2.20. The second kappa shape index (κ2) is 9.75. The molecule has 0 bridgehead atoms. The number of amides is 2. The molecule has 1 aliphatic rings. The zero-order valence-corrected chi connectivity index (χ0v) is 14.7. The van der Waals surface area contributed by atoms with Crippen LogP contribution < -0.4 is 16.0 Å². The zero-order valence-electron chi connectivity index (χ0n) is 13.1. The Bertz CT molecular complexity index is 517. The Labute approximate surface area is 148 Å². The van der Waals surface area contributed by atoms with Gasteiger partial charge in [-0.3, -0.25) is 9.59 Å². The maximum absolute atomic E-state index is 12.1. The minimum atomic E-state index is -0.341. The highest BCUT2D eigenvalue weighted by Gasteiger charge is 2.19. The Morgan fingerprint density at radius 3 is 2.61 bits per heavy atom. The van der Waals surface area contributed by atoms with Crippen molar-refractivity contribution in [3.63, 3.8) is 0 Å². The number of hydrogen-bond acceptors (Lipinski definition) is 3. The summed E-state index contributed by atoms with van der Waals surface area (Å²) >= 11 is 5.88. The Hall–Kier alpha value is -1.30. The van der Waals surface area contributed by atoms with Gasteiger partial charge in [-0.25, -0.2) is 0 Å². The molecular weight excluding hydrogens is 337 g/mol. The van der Waals surface area contributed by atoms with Crippen LogP contribution >= 0.6 is 24.0 Å². The summed E-state index contributed by atoms with van der Waals surface area (Å²) in [6.07, 6.45) is 2.46. The molecule has 2 unspecified atom stereocenters. The van der Waals surface area contributed by atoms with Crippen molar-refractivity contribution in [2.24, 2.45) is 0 Å². The summed E-state index contributed by atoms with van der Waals surface area (Å²) in [7, 11) is 0. The minimum Gasteiger partial charge on any atom is -0.354 e. The summed E-state index contributed by atoms with van der Waals surface area (Å²) < 4.78 is 0. The molecule has 1 heterocycles. The Kier molecular flexibility index (Phi) is 8.37. The molecule has 0 radical (unpaired) electrons. The van der Waals surface area contributed by atoms with Crippen LogP contribution in [0.15, 0.2) is 24.3 Å². The molecule has 23 heavy (non-hydrogen) atoms. The van der Waals surface area contributed by atoms with Gasteiger partial charge in [-0.2, -0.15) is 0 Å². The predicted molar refractivity (Wildman–Crippen MR) is 93.9 cm³/mol. The first-order chi connectivity index (χ1) is 10.5. The molecule has 1 aliphatic heterocycles. The van der Waals surface area contributed by atoms with Gasteiger partial charge in [-0.15, -0.1) is 12.4 Å². The number of nitrogens with one attached hydrogen (secondary N) is 3. The SMILES string of the molecule is CC(=O)NC(CC(=O)NCC1CCCN1)c1ccc(Cl)cc1.Cl. The van der Waals surface area contributed by atoms with Gasteiger partial charge in [0.15, 0.2) is 0 Å². The van der Waals surface area contributed by atoms with Crippen molar-refractivity contribution < 1.29 is 9.59 Å². The van der Waals surface area contributed by atoms with E-state index < -0.39 is 0 Å². The average molecular weight is 360 g/mol. The second-order valence-electron chi connectivity index (χ2n) is 5.61. The van der Waals surface area contributed by atoms with Gasteiger partial charge >= 0.3 is 0 Å². The first-order valence-electron chi connectivity index (χ1n) is 7.57. The van der Waals surface area contributed by atoms with Crippen LogP contribution in [0, 0.1) is 0 Å². The van der Waals surface area contributed by atoms with Crippen LogP contribution in [0.1, 0.15) is 37.8 Å². The van der Waals surface area contributed by atoms with Gasteiger partial charge in [0.2, 0.25) is 11.8 Å². The van der Waals surface area contributed by atoms with Crippen molar-refractivity contribution in [3.8, 4) is 0 Å². The third kappa shape index (κ3) is 6.77. The quantitative estimate of drug-likeness (QED) is 0.729. The molecule has 7 heteroatoms. The first kappa shape index (κ1) is 19.7. The molecule has 1 aromatic carbocycles. The number of carbonyl (C=O) groups is 2. The highest BCUT2D eigenvalue weighted by atomic mass is 35.5. The van der Waals surface area contributed by atoms with E-state index in [-0.39, 0.29) is 36.7 Å². The lowest BCUT2D eigenvalue weighted by Gasteiger charge is -2.19. The third-order valence-corrected chi connectivity index (χ3v) is 4.00. The Morgan fingerprint density at radius 1 is 1.35 bits per heavy atom. The maximum atomic E-state index is 12.1. The molecule has 1 fully saturated rings. The molecule has 128 valence electrons. The summed E-state index contributed by atoms with van der Waals surface area (Å²) in [5.74, 6) is -0.229. The lowest BCUT2D eigenvalue weighted by molar-refractivity contribution is -0.122. The number of hydrogen-bond donors (Lipinski definition) is 3. The van der Waals surface area contributed by atoms with E-state index in [0.717, 1.165) is 24.9 Å². The van der Waals surface area contributed by atoms with Crippen LogP contribution in [0.5, 0.6) is 0 Å². The lowest BCUT2D eigenvalue weighted by Crippen LogP contribution is -2.39. The van der Waals surface area contributed by atoms with E-state index in [1.165, 1.54) is 6.92 Å². The molecule has 1 aromatic rings. The molecule has 5 nitrogen and oxygen atoms in total. The van der Waals surface area contributed by atoms with Crippen LogP contribution in [0.25, 0.3) is 0 Å². The Morgan fingerprint density at radius 2 is 2.04 bits per heavy atom. The van der Waals surface area contributed by atoms with Gasteiger partial charge in [0, 0.05) is 24.5 Å². The van der Waals surface area contributed by atoms with Crippen molar-refractivity contribution in [1.29, 1.82) is 0 Å². The molecule has 2 atom stereocenters. The van der Waals surface area contributed by atoms with Crippen molar-refractivity contribution >= 4 is 35.8 Å². The fourth-order valence-corrected chi connectivity index (χ4v) is 2.74. The smallest absolute Gasteiger partial charge is 0.222 e. The molecule has 2 rings (SSSR count). The average Bonchev–Trinajstić information content (AvgIpc) is 2.98. The van der Waals surface area contributed by atoms with Gasteiger partial charge in [0.05, 0.1) is 12.5 Å². The van der Waals surface area contributed by atoms with Crippen molar-refractivity contribution in [2.75, 3.05) is 13.1 Å². The van der Waals surface area contributed by atoms with E-state index in [9.17, 15) is 9.59 Å². The first-order valence-corrected chi connectivity index (χ1v) is 7.95. The van der Waals surface area contributed by atoms with Crippen LogP contribution in [0.3, 0.4) is 0 Å². The lowest BCUT2D eigenvalue weighted by atomic mass is 10.0. The topological polar surface area (TPSA) is 70.2 Å². The van der Waals surface area contributed by atoms with Gasteiger partial charge in [0.25, 0.3) is 0 Å². The summed E-state index contributed by atoms with van der Waals surface area (Å²) in [6, 6.07) is 7.19. The molecule has 2 amide bonds. The van der Waals surface area contributed by atoms with Crippen LogP contribution in [0.4, 0.5) is 0 Å². The van der Waals surface area contributed by atoms with Crippen LogP contribution in [0.2, 0.25) is 5.02 Å². The summed E-state index contributed by atoms with van der Waals surface area (Å²) in [5.41, 5.74) is 0.869. The summed E-state index contributed by atoms with van der Waals surface area (Å²) in [5, 5.41) is 9.71. The van der Waals surface area contributed by atoms with Gasteiger partial charge in [-0.1, -0.05) is 23.7 Å². The second-order valence-corrected chi connectivity index (χ2v) is 6.04. The normalized spacial score (nSPS) is 17.9. The van der Waals surface area contributed by atoms with Crippen molar-refractivity contribution in [3.05, 3.63) is 34.9 Å². The number of halogens is 2. The Balaban J connectivity index is 0.00000264. The highest BCUT2D eigenvalue weighted by molar-refractivity contribution is 6.30. The van der Waals surface area contributed by atoms with E-state index in [4.69, 9.17) is 11.6 Å². The van der Waals surface area contributed by atoms with Gasteiger partial charge < -0.3 is 16.0 Å².